The van der Waals surface area contributed by atoms with E-state index in [9.17, 15) is 0 Å². The second-order valence-corrected chi connectivity index (χ2v) is 3.87. The van der Waals surface area contributed by atoms with E-state index in [1.807, 2.05) is 0 Å². The fourth-order valence-electron chi connectivity index (χ4n) is 1.38. The zero-order chi connectivity index (χ0) is 14.3. The number of halogens is 1. The van der Waals surface area contributed by atoms with E-state index in [1.54, 1.807) is 24.3 Å². The third-order valence-corrected chi connectivity index (χ3v) is 2.68. The fraction of sp³-hybridized carbons (Fsp3) is 0.231. The molecule has 0 spiro atoms. The number of ether oxygens (including phenoxy) is 2. The van der Waals surface area contributed by atoms with E-state index < -0.39 is 0 Å². The van der Waals surface area contributed by atoms with Crippen molar-refractivity contribution < 1.29 is 9.47 Å². The number of methoxy groups -OCH3 is 2. The van der Waals surface area contributed by atoms with Crippen molar-refractivity contribution >= 4 is 11.6 Å². The number of hydrogen-bond donors (Lipinski definition) is 1. The van der Waals surface area contributed by atoms with Gasteiger partial charge < -0.3 is 14.8 Å². The van der Waals surface area contributed by atoms with Crippen LogP contribution in [0.4, 0.5) is 0 Å². The lowest BCUT2D eigenvalue weighted by atomic mass is 10.2. The first kappa shape index (κ1) is 14.7. The van der Waals surface area contributed by atoms with Gasteiger partial charge in [0.25, 0.3) is 0 Å². The van der Waals surface area contributed by atoms with Crippen molar-refractivity contribution in [3.8, 4) is 23.6 Å². The first-order valence-corrected chi connectivity index (χ1v) is 5.68. The van der Waals surface area contributed by atoms with Gasteiger partial charge in [0.05, 0.1) is 14.2 Å². The highest BCUT2D eigenvalue weighted by Crippen LogP contribution is 2.32. The highest BCUT2D eigenvalue weighted by atomic mass is 35.5. The summed E-state index contributed by atoms with van der Waals surface area (Å²) >= 11 is 6.09. The van der Waals surface area contributed by atoms with Crippen molar-refractivity contribution in [2.75, 3.05) is 14.2 Å². The number of nitrogens with one attached hydrogen (secondary N) is 1. The Bertz CT molecular complexity index is 554. The van der Waals surface area contributed by atoms with E-state index >= 15 is 0 Å². The van der Waals surface area contributed by atoms with Crippen LogP contribution < -0.4 is 14.8 Å². The second-order valence-electron chi connectivity index (χ2n) is 3.46. The minimum Gasteiger partial charge on any atom is -0.493 e. The lowest BCUT2D eigenvalue weighted by Crippen LogP contribution is -2.06. The summed E-state index contributed by atoms with van der Waals surface area (Å²) in [4.78, 5) is 0. The SMILES string of the molecule is COc1cc(Cl)c(CNC=C(C#N)C#N)cc1OC. The molecular weight excluding hydrogens is 266 g/mol. The Balaban J connectivity index is 2.89. The molecule has 0 heterocycles. The van der Waals surface area contributed by atoms with Gasteiger partial charge in [-0.05, 0) is 11.6 Å². The van der Waals surface area contributed by atoms with Crippen LogP contribution in [0.1, 0.15) is 5.56 Å². The highest BCUT2D eigenvalue weighted by Gasteiger charge is 2.09. The summed E-state index contributed by atoms with van der Waals surface area (Å²) < 4.78 is 10.3. The molecule has 0 bridgehead atoms. The lowest BCUT2D eigenvalue weighted by Gasteiger charge is -2.11. The summed E-state index contributed by atoms with van der Waals surface area (Å²) in [6.07, 6.45) is 1.34. The molecule has 19 heavy (non-hydrogen) atoms. The predicted octanol–water partition coefficient (Wildman–Crippen LogP) is 2.38. The highest BCUT2D eigenvalue weighted by molar-refractivity contribution is 6.31. The molecule has 0 aromatic heterocycles. The van der Waals surface area contributed by atoms with Crippen molar-refractivity contribution in [1.82, 2.24) is 5.32 Å². The monoisotopic (exact) mass is 277 g/mol. The maximum Gasteiger partial charge on any atom is 0.162 e. The minimum atomic E-state index is -0.00315. The molecule has 0 amide bonds. The normalized spacial score (nSPS) is 8.89. The van der Waals surface area contributed by atoms with Gasteiger partial charge in [0.2, 0.25) is 0 Å². The molecule has 0 aliphatic carbocycles. The Morgan fingerprint density at radius 1 is 1.26 bits per heavy atom. The van der Waals surface area contributed by atoms with E-state index in [4.69, 9.17) is 31.6 Å². The average Bonchev–Trinajstić information content (AvgIpc) is 2.44. The van der Waals surface area contributed by atoms with Crippen molar-refractivity contribution in [3.63, 3.8) is 0 Å². The second kappa shape index (κ2) is 7.15. The van der Waals surface area contributed by atoms with Gasteiger partial charge in [0, 0.05) is 23.8 Å². The Morgan fingerprint density at radius 3 is 2.37 bits per heavy atom. The minimum absolute atomic E-state index is 0.00315. The Kier molecular flexibility index (Phi) is 5.53. The van der Waals surface area contributed by atoms with Gasteiger partial charge in [-0.15, -0.1) is 0 Å². The van der Waals surface area contributed by atoms with Crippen LogP contribution in [-0.4, -0.2) is 14.2 Å². The summed E-state index contributed by atoms with van der Waals surface area (Å²) in [5.41, 5.74) is 0.766. The standard InChI is InChI=1S/C13H12ClN3O2/c1-18-12-3-10(11(14)4-13(12)19-2)8-17-7-9(5-15)6-16/h3-4,7,17H,8H2,1-2H3. The van der Waals surface area contributed by atoms with Gasteiger partial charge in [0.15, 0.2) is 11.5 Å². The zero-order valence-corrected chi connectivity index (χ0v) is 11.3. The third kappa shape index (κ3) is 3.80. The molecule has 0 radical (unpaired) electrons. The quantitative estimate of drug-likeness (QED) is 0.836. The topological polar surface area (TPSA) is 78.1 Å². The molecule has 6 heteroatoms. The van der Waals surface area contributed by atoms with Gasteiger partial charge in [-0.25, -0.2) is 0 Å². The predicted molar refractivity (Wildman–Crippen MR) is 70.7 cm³/mol. The van der Waals surface area contributed by atoms with Crippen LogP contribution in [0.25, 0.3) is 0 Å². The average molecular weight is 278 g/mol. The number of nitriles is 2. The van der Waals surface area contributed by atoms with Crippen LogP contribution in [-0.2, 0) is 6.54 Å². The molecule has 0 aliphatic heterocycles. The molecule has 0 saturated heterocycles. The van der Waals surface area contributed by atoms with Crippen LogP contribution in [0.2, 0.25) is 5.02 Å². The lowest BCUT2D eigenvalue weighted by molar-refractivity contribution is 0.354. The molecule has 1 rings (SSSR count). The molecular formula is C13H12ClN3O2. The van der Waals surface area contributed by atoms with Crippen molar-refractivity contribution in [1.29, 1.82) is 10.5 Å². The molecule has 1 aromatic rings. The zero-order valence-electron chi connectivity index (χ0n) is 10.5. The Morgan fingerprint density at radius 2 is 1.84 bits per heavy atom. The van der Waals surface area contributed by atoms with E-state index in [2.05, 4.69) is 5.32 Å². The molecule has 98 valence electrons. The van der Waals surface area contributed by atoms with Gasteiger partial charge in [-0.3, -0.25) is 0 Å². The van der Waals surface area contributed by atoms with Crippen molar-refractivity contribution in [3.05, 3.63) is 34.5 Å². The first-order valence-electron chi connectivity index (χ1n) is 5.30. The summed E-state index contributed by atoms with van der Waals surface area (Å²) in [7, 11) is 3.06. The molecule has 0 saturated carbocycles. The molecule has 1 aromatic carbocycles. The van der Waals surface area contributed by atoms with Crippen LogP contribution in [0.3, 0.4) is 0 Å². The summed E-state index contributed by atoms with van der Waals surface area (Å²) in [6, 6.07) is 6.89. The summed E-state index contributed by atoms with van der Waals surface area (Å²) in [5.74, 6) is 1.11. The van der Waals surface area contributed by atoms with E-state index in [1.165, 1.54) is 20.4 Å². The largest absolute Gasteiger partial charge is 0.493 e. The smallest absolute Gasteiger partial charge is 0.162 e. The number of nitrogens with zero attached hydrogens (tertiary/aromatic N) is 2. The number of rotatable bonds is 5. The first-order chi connectivity index (χ1) is 9.15. The van der Waals surface area contributed by atoms with Crippen molar-refractivity contribution in [2.45, 2.75) is 6.54 Å². The molecule has 0 unspecified atom stereocenters. The van der Waals surface area contributed by atoms with E-state index in [0.717, 1.165) is 5.56 Å². The number of benzene rings is 1. The van der Waals surface area contributed by atoms with Gasteiger partial charge >= 0.3 is 0 Å². The molecule has 5 nitrogen and oxygen atoms in total. The van der Waals surface area contributed by atoms with Crippen LogP contribution in [0.15, 0.2) is 23.9 Å². The van der Waals surface area contributed by atoms with E-state index in [0.29, 0.717) is 23.1 Å². The summed E-state index contributed by atoms with van der Waals surface area (Å²) in [6.45, 7) is 0.367. The maximum atomic E-state index is 8.58. The molecule has 1 N–H and O–H groups in total. The van der Waals surface area contributed by atoms with Crippen LogP contribution in [0, 0.1) is 22.7 Å². The Labute approximate surface area is 116 Å². The maximum absolute atomic E-state index is 8.58. The summed E-state index contributed by atoms with van der Waals surface area (Å²) in [5, 5.41) is 20.5. The Hall–Kier alpha value is -2.37. The van der Waals surface area contributed by atoms with E-state index in [-0.39, 0.29) is 5.57 Å². The van der Waals surface area contributed by atoms with Crippen LogP contribution in [0.5, 0.6) is 11.5 Å². The number of hydrogen-bond acceptors (Lipinski definition) is 5. The fourth-order valence-corrected chi connectivity index (χ4v) is 1.60. The van der Waals surface area contributed by atoms with Gasteiger partial charge in [-0.1, -0.05) is 11.6 Å². The van der Waals surface area contributed by atoms with Gasteiger partial charge in [-0.2, -0.15) is 10.5 Å². The molecule has 0 atom stereocenters. The molecule has 0 fully saturated rings. The third-order valence-electron chi connectivity index (χ3n) is 2.33. The van der Waals surface area contributed by atoms with Crippen LogP contribution >= 0.6 is 11.6 Å². The molecule has 0 aliphatic rings. The van der Waals surface area contributed by atoms with Crippen molar-refractivity contribution in [2.24, 2.45) is 0 Å². The number of allylic oxidation sites excluding steroid dienone is 1. The van der Waals surface area contributed by atoms with Gasteiger partial charge in [0.1, 0.15) is 17.7 Å².